The predicted octanol–water partition coefficient (Wildman–Crippen LogP) is 3.21. The Morgan fingerprint density at radius 1 is 1.04 bits per heavy atom. The van der Waals surface area contributed by atoms with Crippen molar-refractivity contribution in [3.05, 3.63) is 88.4 Å². The molecule has 0 saturated carbocycles. The van der Waals surface area contributed by atoms with Crippen LogP contribution in [0.5, 0.6) is 0 Å². The Bertz CT molecular complexity index is 820. The summed E-state index contributed by atoms with van der Waals surface area (Å²) in [6.07, 6.45) is 3.00. The van der Waals surface area contributed by atoms with Crippen LogP contribution in [0.3, 0.4) is 0 Å². The predicted molar refractivity (Wildman–Crippen MR) is 95.3 cm³/mol. The maximum Gasteiger partial charge on any atom is 0.338 e. The number of pyridine rings is 1. The maximum atomic E-state index is 12.3. The zero-order valence-corrected chi connectivity index (χ0v) is 14.1. The second-order valence-corrected chi connectivity index (χ2v) is 6.22. The van der Waals surface area contributed by atoms with E-state index < -0.39 is 5.97 Å². The number of rotatable bonds is 6. The Balaban J connectivity index is 1.64. The standard InChI is InChI=1S/C19H16N2O3S/c22-17(13-24-19(23)15-8-10-20-11-9-15)21-18(16-7-4-12-25-16)14-5-2-1-3-6-14/h1-12,18H,13H2,(H,21,22)/t18-/m0/s1. The molecule has 1 amide bonds. The number of benzene rings is 1. The van der Waals surface area contributed by atoms with E-state index in [1.807, 2.05) is 47.8 Å². The van der Waals surface area contributed by atoms with Gasteiger partial charge in [0.2, 0.25) is 0 Å². The first-order valence-electron chi connectivity index (χ1n) is 7.69. The van der Waals surface area contributed by atoms with E-state index in [4.69, 9.17) is 4.74 Å². The van der Waals surface area contributed by atoms with Gasteiger partial charge >= 0.3 is 5.97 Å². The summed E-state index contributed by atoms with van der Waals surface area (Å²) in [6.45, 7) is -0.337. The summed E-state index contributed by atoms with van der Waals surface area (Å²) in [4.78, 5) is 29.0. The van der Waals surface area contributed by atoms with Gasteiger partial charge in [-0.15, -0.1) is 11.3 Å². The Kier molecular flexibility index (Phi) is 5.53. The molecule has 2 aromatic heterocycles. The molecule has 5 nitrogen and oxygen atoms in total. The third-order valence-electron chi connectivity index (χ3n) is 3.52. The van der Waals surface area contributed by atoms with Gasteiger partial charge in [-0.25, -0.2) is 4.79 Å². The highest BCUT2D eigenvalue weighted by atomic mass is 32.1. The molecule has 1 aromatic carbocycles. The van der Waals surface area contributed by atoms with E-state index in [1.165, 1.54) is 12.4 Å². The van der Waals surface area contributed by atoms with E-state index in [-0.39, 0.29) is 18.6 Å². The minimum Gasteiger partial charge on any atom is -0.452 e. The molecule has 0 aliphatic carbocycles. The van der Waals surface area contributed by atoms with Crippen LogP contribution in [0, 0.1) is 0 Å². The first kappa shape index (κ1) is 16.9. The lowest BCUT2D eigenvalue weighted by atomic mass is 10.1. The topological polar surface area (TPSA) is 68.3 Å². The molecule has 3 aromatic rings. The van der Waals surface area contributed by atoms with E-state index in [9.17, 15) is 9.59 Å². The summed E-state index contributed by atoms with van der Waals surface area (Å²) >= 11 is 1.56. The van der Waals surface area contributed by atoms with Crippen molar-refractivity contribution in [2.24, 2.45) is 0 Å². The highest BCUT2D eigenvalue weighted by molar-refractivity contribution is 7.10. The molecule has 2 heterocycles. The van der Waals surface area contributed by atoms with Gasteiger partial charge in [0, 0.05) is 17.3 Å². The minimum atomic E-state index is -0.551. The Labute approximate surface area is 149 Å². The molecule has 0 bridgehead atoms. The van der Waals surface area contributed by atoms with Gasteiger partial charge in [0.25, 0.3) is 5.91 Å². The number of nitrogens with one attached hydrogen (secondary N) is 1. The molecule has 0 unspecified atom stereocenters. The number of amides is 1. The molecule has 0 aliphatic heterocycles. The van der Waals surface area contributed by atoms with Crippen molar-refractivity contribution in [2.75, 3.05) is 6.61 Å². The molecule has 3 rings (SSSR count). The molecule has 0 fully saturated rings. The van der Waals surface area contributed by atoms with Crippen LogP contribution in [-0.2, 0) is 9.53 Å². The number of ether oxygens (including phenoxy) is 1. The number of hydrogen-bond acceptors (Lipinski definition) is 5. The largest absolute Gasteiger partial charge is 0.452 e. The molecule has 25 heavy (non-hydrogen) atoms. The lowest BCUT2D eigenvalue weighted by Gasteiger charge is -2.18. The Morgan fingerprint density at radius 3 is 2.48 bits per heavy atom. The van der Waals surface area contributed by atoms with E-state index >= 15 is 0 Å². The molecular weight excluding hydrogens is 336 g/mol. The van der Waals surface area contributed by atoms with Crippen molar-refractivity contribution in [1.82, 2.24) is 10.3 Å². The molecule has 1 N–H and O–H groups in total. The van der Waals surface area contributed by atoms with Crippen molar-refractivity contribution in [1.29, 1.82) is 0 Å². The summed E-state index contributed by atoms with van der Waals surface area (Å²) in [7, 11) is 0. The summed E-state index contributed by atoms with van der Waals surface area (Å²) in [6, 6.07) is 16.4. The number of thiophene rings is 1. The van der Waals surface area contributed by atoms with Crippen LogP contribution in [0.25, 0.3) is 0 Å². The molecular formula is C19H16N2O3S. The smallest absolute Gasteiger partial charge is 0.338 e. The first-order valence-corrected chi connectivity index (χ1v) is 8.57. The Hall–Kier alpha value is -2.99. The van der Waals surface area contributed by atoms with Crippen LogP contribution >= 0.6 is 11.3 Å². The molecule has 126 valence electrons. The quantitative estimate of drug-likeness (QED) is 0.692. The van der Waals surface area contributed by atoms with Crippen molar-refractivity contribution in [2.45, 2.75) is 6.04 Å². The maximum absolute atomic E-state index is 12.3. The number of esters is 1. The summed E-state index contributed by atoms with van der Waals surface area (Å²) in [5.41, 5.74) is 1.33. The minimum absolute atomic E-state index is 0.270. The van der Waals surface area contributed by atoms with Gasteiger partial charge < -0.3 is 10.1 Å². The van der Waals surface area contributed by atoms with Crippen molar-refractivity contribution < 1.29 is 14.3 Å². The molecule has 6 heteroatoms. The van der Waals surface area contributed by atoms with Gasteiger partial charge in [0.05, 0.1) is 11.6 Å². The van der Waals surface area contributed by atoms with Crippen LogP contribution in [0.2, 0.25) is 0 Å². The lowest BCUT2D eigenvalue weighted by Crippen LogP contribution is -2.32. The third kappa shape index (κ3) is 4.51. The molecule has 0 saturated heterocycles. The highest BCUT2D eigenvalue weighted by Crippen LogP contribution is 2.25. The van der Waals surface area contributed by atoms with Crippen LogP contribution < -0.4 is 5.32 Å². The highest BCUT2D eigenvalue weighted by Gasteiger charge is 2.18. The number of aromatic nitrogens is 1. The third-order valence-corrected chi connectivity index (χ3v) is 4.45. The zero-order chi connectivity index (χ0) is 17.5. The first-order chi connectivity index (χ1) is 12.2. The second-order valence-electron chi connectivity index (χ2n) is 5.24. The van der Waals surface area contributed by atoms with Crippen LogP contribution in [0.15, 0.2) is 72.4 Å². The van der Waals surface area contributed by atoms with E-state index in [0.717, 1.165) is 10.4 Å². The van der Waals surface area contributed by atoms with E-state index in [2.05, 4.69) is 10.3 Å². The van der Waals surface area contributed by atoms with E-state index in [0.29, 0.717) is 5.56 Å². The van der Waals surface area contributed by atoms with E-state index in [1.54, 1.807) is 23.5 Å². The molecule has 0 aliphatic rings. The van der Waals surface area contributed by atoms with Crippen molar-refractivity contribution in [3.63, 3.8) is 0 Å². The number of carbonyl (C=O) groups excluding carboxylic acids is 2. The molecule has 0 radical (unpaired) electrons. The van der Waals surface area contributed by atoms with Gasteiger partial charge in [-0.1, -0.05) is 36.4 Å². The average molecular weight is 352 g/mol. The normalized spacial score (nSPS) is 11.5. The van der Waals surface area contributed by atoms with Gasteiger partial charge in [-0.3, -0.25) is 9.78 Å². The summed E-state index contributed by atoms with van der Waals surface area (Å²) in [5, 5.41) is 4.88. The van der Waals surface area contributed by atoms with Gasteiger partial charge in [-0.2, -0.15) is 0 Å². The van der Waals surface area contributed by atoms with Crippen LogP contribution in [-0.4, -0.2) is 23.5 Å². The van der Waals surface area contributed by atoms with Crippen molar-refractivity contribution >= 4 is 23.2 Å². The van der Waals surface area contributed by atoms with Crippen LogP contribution in [0.4, 0.5) is 0 Å². The fraction of sp³-hybridized carbons (Fsp3) is 0.105. The van der Waals surface area contributed by atoms with Crippen molar-refractivity contribution in [3.8, 4) is 0 Å². The summed E-state index contributed by atoms with van der Waals surface area (Å²) < 4.78 is 5.07. The van der Waals surface area contributed by atoms with Gasteiger partial charge in [0.15, 0.2) is 6.61 Å². The fourth-order valence-electron chi connectivity index (χ4n) is 2.32. The number of hydrogen-bond donors (Lipinski definition) is 1. The summed E-state index contributed by atoms with van der Waals surface area (Å²) in [5.74, 6) is -0.908. The fourth-order valence-corrected chi connectivity index (χ4v) is 3.13. The lowest BCUT2D eigenvalue weighted by molar-refractivity contribution is -0.124. The zero-order valence-electron chi connectivity index (χ0n) is 13.3. The number of nitrogens with zero attached hydrogens (tertiary/aromatic N) is 1. The molecule has 0 spiro atoms. The molecule has 1 atom stereocenters. The van der Waals surface area contributed by atoms with Gasteiger partial charge in [-0.05, 0) is 29.1 Å². The monoisotopic (exact) mass is 352 g/mol. The van der Waals surface area contributed by atoms with Gasteiger partial charge in [0.1, 0.15) is 0 Å². The number of carbonyl (C=O) groups is 2. The average Bonchev–Trinajstić information content (AvgIpc) is 3.20. The Morgan fingerprint density at radius 2 is 1.80 bits per heavy atom. The SMILES string of the molecule is O=C(COC(=O)c1ccncc1)N[C@@H](c1ccccc1)c1cccs1. The van der Waals surface area contributed by atoms with Crippen LogP contribution in [0.1, 0.15) is 26.8 Å². The second kappa shape index (κ2) is 8.21.